The molecule has 0 heterocycles. The largest absolute Gasteiger partial charge is 0.497 e. The number of nitrogens with zero attached hydrogens (tertiary/aromatic N) is 1. The van der Waals surface area contributed by atoms with E-state index in [9.17, 15) is 18.0 Å². The minimum atomic E-state index is -3.55. The second-order valence-electron chi connectivity index (χ2n) is 9.12. The molecule has 1 atom stereocenters. The van der Waals surface area contributed by atoms with Crippen LogP contribution in [0, 0.1) is 0 Å². The summed E-state index contributed by atoms with van der Waals surface area (Å²) in [6.45, 7) is 4.60. The average Bonchev–Trinajstić information content (AvgIpc) is 2.95. The summed E-state index contributed by atoms with van der Waals surface area (Å²) in [5, 5.41) is 2.89. The number of likely N-dealkylation sites (N-methyl/N-ethyl adjacent to an activating group) is 1. The second-order valence-corrected chi connectivity index (χ2v) is 10.9. The first kappa shape index (κ1) is 29.9. The van der Waals surface area contributed by atoms with Gasteiger partial charge in [0, 0.05) is 32.5 Å². The molecule has 0 aliphatic carbocycles. The maximum absolute atomic E-state index is 13.7. The van der Waals surface area contributed by atoms with E-state index in [0.717, 1.165) is 16.7 Å². The van der Waals surface area contributed by atoms with Crippen molar-refractivity contribution in [3.63, 3.8) is 0 Å². The highest BCUT2D eigenvalue weighted by Crippen LogP contribution is 2.19. The number of amides is 2. The lowest BCUT2D eigenvalue weighted by atomic mass is 10.0. The monoisotopic (exact) mass is 551 g/mol. The van der Waals surface area contributed by atoms with Gasteiger partial charge in [0.15, 0.2) is 0 Å². The molecule has 8 nitrogen and oxygen atoms in total. The molecule has 39 heavy (non-hydrogen) atoms. The van der Waals surface area contributed by atoms with Gasteiger partial charge in [0.25, 0.3) is 0 Å². The Morgan fingerprint density at radius 1 is 0.846 bits per heavy atom. The van der Waals surface area contributed by atoms with Gasteiger partial charge in [-0.15, -0.1) is 0 Å². The van der Waals surface area contributed by atoms with Crippen molar-refractivity contribution in [2.75, 3.05) is 20.2 Å². The Bertz CT molecular complexity index is 1310. The molecule has 208 valence electrons. The zero-order chi connectivity index (χ0) is 28.3. The third-order valence-electron chi connectivity index (χ3n) is 6.33. The van der Waals surface area contributed by atoms with Crippen LogP contribution >= 0.6 is 0 Å². The number of carbonyl (C=O) groups is 2. The fourth-order valence-corrected chi connectivity index (χ4v) is 5.32. The molecule has 0 spiro atoms. The third-order valence-corrected chi connectivity index (χ3v) is 7.89. The van der Waals surface area contributed by atoms with Crippen LogP contribution in [0.2, 0.25) is 0 Å². The highest BCUT2D eigenvalue weighted by Gasteiger charge is 2.30. The molecule has 0 saturated carbocycles. The first-order chi connectivity index (χ1) is 18.8. The van der Waals surface area contributed by atoms with Gasteiger partial charge in [-0.3, -0.25) is 9.59 Å². The molecule has 0 radical (unpaired) electrons. The lowest BCUT2D eigenvalue weighted by Gasteiger charge is -2.31. The van der Waals surface area contributed by atoms with Crippen molar-refractivity contribution < 1.29 is 22.7 Å². The Balaban J connectivity index is 1.85. The van der Waals surface area contributed by atoms with Crippen molar-refractivity contribution in [3.05, 3.63) is 95.6 Å². The van der Waals surface area contributed by atoms with Crippen molar-refractivity contribution in [2.24, 2.45) is 0 Å². The van der Waals surface area contributed by atoms with Gasteiger partial charge in [-0.2, -0.15) is 0 Å². The number of hydrogen-bond acceptors (Lipinski definition) is 5. The van der Waals surface area contributed by atoms with Crippen molar-refractivity contribution in [1.29, 1.82) is 0 Å². The number of aryl methyl sites for hydroxylation is 1. The molecule has 2 amide bonds. The summed E-state index contributed by atoms with van der Waals surface area (Å²) in [5.41, 5.74) is 2.67. The van der Waals surface area contributed by atoms with Gasteiger partial charge >= 0.3 is 0 Å². The van der Waals surface area contributed by atoms with Crippen molar-refractivity contribution in [3.8, 4) is 5.75 Å². The van der Waals surface area contributed by atoms with E-state index in [2.05, 4.69) is 10.0 Å². The lowest BCUT2D eigenvalue weighted by molar-refractivity contribution is -0.141. The molecule has 0 unspecified atom stereocenters. The van der Waals surface area contributed by atoms with Crippen LogP contribution in [0.3, 0.4) is 0 Å². The van der Waals surface area contributed by atoms with E-state index in [1.165, 1.54) is 0 Å². The van der Waals surface area contributed by atoms with Gasteiger partial charge in [0.05, 0.1) is 12.0 Å². The van der Waals surface area contributed by atoms with Crippen molar-refractivity contribution >= 4 is 21.8 Å². The molecular weight excluding hydrogens is 514 g/mol. The Hall–Kier alpha value is -3.69. The first-order valence-electron chi connectivity index (χ1n) is 13.1. The van der Waals surface area contributed by atoms with E-state index >= 15 is 0 Å². The summed E-state index contributed by atoms with van der Waals surface area (Å²) >= 11 is 0. The molecule has 0 aliphatic heterocycles. The minimum Gasteiger partial charge on any atom is -0.497 e. The van der Waals surface area contributed by atoms with Crippen LogP contribution in [0.5, 0.6) is 5.75 Å². The number of benzene rings is 3. The first-order valence-corrected chi connectivity index (χ1v) is 14.6. The summed E-state index contributed by atoms with van der Waals surface area (Å²) < 4.78 is 32.2. The molecule has 0 aromatic heterocycles. The van der Waals surface area contributed by atoms with Crippen LogP contribution in [0.25, 0.3) is 0 Å². The molecule has 3 aromatic carbocycles. The molecule has 3 rings (SSSR count). The normalized spacial score (nSPS) is 12.0. The van der Waals surface area contributed by atoms with Gasteiger partial charge < -0.3 is 15.0 Å². The van der Waals surface area contributed by atoms with E-state index in [-0.39, 0.29) is 29.7 Å². The predicted octanol–water partition coefficient (Wildman–Crippen LogP) is 3.70. The Labute approximate surface area is 231 Å². The average molecular weight is 552 g/mol. The molecule has 9 heteroatoms. The molecular formula is C30H37N3O5S. The highest BCUT2D eigenvalue weighted by atomic mass is 32.2. The van der Waals surface area contributed by atoms with Crippen LogP contribution in [-0.2, 0) is 39.0 Å². The van der Waals surface area contributed by atoms with Crippen molar-refractivity contribution in [2.45, 2.75) is 50.6 Å². The summed E-state index contributed by atoms with van der Waals surface area (Å²) in [6.07, 6.45) is 0.957. The number of nitrogens with one attached hydrogen (secondary N) is 2. The standard InChI is InChI=1S/C30H37N3O5S/c1-4-31-30(35)28(21-24-9-7-6-8-10-24)33(22-25-11-16-26(38-3)17-12-25)29(34)20-15-23-13-18-27(19-14-23)39(36,37)32-5-2/h6-14,16-19,28,32H,4-5,15,20-22H2,1-3H3,(H,31,35)/t28-/m1/s1. The van der Waals surface area contributed by atoms with Crippen molar-refractivity contribution in [1.82, 2.24) is 14.9 Å². The number of hydrogen-bond donors (Lipinski definition) is 2. The Kier molecular flexibility index (Phi) is 11.1. The topological polar surface area (TPSA) is 105 Å². The van der Waals surface area contributed by atoms with E-state index < -0.39 is 16.1 Å². The number of rotatable bonds is 14. The molecule has 0 bridgehead atoms. The summed E-state index contributed by atoms with van der Waals surface area (Å²) in [5.74, 6) is 0.337. The molecule has 0 fully saturated rings. The number of sulfonamides is 1. The summed E-state index contributed by atoms with van der Waals surface area (Å²) in [7, 11) is -1.95. The maximum atomic E-state index is 13.7. The quantitative estimate of drug-likeness (QED) is 0.318. The van der Waals surface area contributed by atoms with E-state index in [0.29, 0.717) is 31.7 Å². The fourth-order valence-electron chi connectivity index (χ4n) is 4.28. The maximum Gasteiger partial charge on any atom is 0.243 e. The zero-order valence-electron chi connectivity index (χ0n) is 22.7. The molecule has 3 aromatic rings. The molecule has 0 aliphatic rings. The van der Waals surface area contributed by atoms with Crippen LogP contribution < -0.4 is 14.8 Å². The van der Waals surface area contributed by atoms with E-state index in [1.807, 2.05) is 61.5 Å². The Morgan fingerprint density at radius 2 is 1.49 bits per heavy atom. The number of ether oxygens (including phenoxy) is 1. The third kappa shape index (κ3) is 8.66. The summed E-state index contributed by atoms with van der Waals surface area (Å²) in [6, 6.07) is 22.9. The van der Waals surface area contributed by atoms with Crippen LogP contribution in [0.1, 0.15) is 37.0 Å². The van der Waals surface area contributed by atoms with Crippen LogP contribution in [-0.4, -0.2) is 51.4 Å². The van der Waals surface area contributed by atoms with Gasteiger partial charge in [-0.1, -0.05) is 61.5 Å². The molecule has 2 N–H and O–H groups in total. The van der Waals surface area contributed by atoms with E-state index in [1.54, 1.807) is 43.2 Å². The zero-order valence-corrected chi connectivity index (χ0v) is 23.5. The molecule has 0 saturated heterocycles. The number of methoxy groups -OCH3 is 1. The Morgan fingerprint density at radius 3 is 2.08 bits per heavy atom. The smallest absolute Gasteiger partial charge is 0.243 e. The van der Waals surface area contributed by atoms with Crippen LogP contribution in [0.4, 0.5) is 0 Å². The predicted molar refractivity (Wildman–Crippen MR) is 152 cm³/mol. The van der Waals surface area contributed by atoms with E-state index in [4.69, 9.17) is 4.74 Å². The second kappa shape index (κ2) is 14.5. The highest BCUT2D eigenvalue weighted by molar-refractivity contribution is 7.89. The lowest BCUT2D eigenvalue weighted by Crippen LogP contribution is -2.50. The van der Waals surface area contributed by atoms with Crippen LogP contribution in [0.15, 0.2) is 83.8 Å². The fraction of sp³-hybridized carbons (Fsp3) is 0.333. The van der Waals surface area contributed by atoms with Gasteiger partial charge in [-0.05, 0) is 54.3 Å². The number of carbonyl (C=O) groups excluding carboxylic acids is 2. The summed E-state index contributed by atoms with van der Waals surface area (Å²) in [4.78, 5) is 28.8. The van der Waals surface area contributed by atoms with Gasteiger partial charge in [0.2, 0.25) is 21.8 Å². The SMILES string of the molecule is CCNC(=O)[C@@H](Cc1ccccc1)N(Cc1ccc(OC)cc1)C(=O)CCc1ccc(S(=O)(=O)NCC)cc1. The van der Waals surface area contributed by atoms with Gasteiger partial charge in [0.1, 0.15) is 11.8 Å². The van der Waals surface area contributed by atoms with Gasteiger partial charge in [-0.25, -0.2) is 13.1 Å². The minimum absolute atomic E-state index is 0.164.